The summed E-state index contributed by atoms with van der Waals surface area (Å²) in [4.78, 5) is 14.8. The zero-order chi connectivity index (χ0) is 33.2. The van der Waals surface area contributed by atoms with Crippen LogP contribution in [0.5, 0.6) is 0 Å². The van der Waals surface area contributed by atoms with Gasteiger partial charge >= 0.3 is 0 Å². The summed E-state index contributed by atoms with van der Waals surface area (Å²) in [6.07, 6.45) is 10.9. The van der Waals surface area contributed by atoms with Gasteiger partial charge in [0.25, 0.3) is 0 Å². The molecule has 0 radical (unpaired) electrons. The van der Waals surface area contributed by atoms with Gasteiger partial charge in [0, 0.05) is 82.9 Å². The summed E-state index contributed by atoms with van der Waals surface area (Å²) in [6.45, 7) is 20.7. The Morgan fingerprint density at radius 2 is 1.78 bits per heavy atom. The van der Waals surface area contributed by atoms with E-state index in [9.17, 15) is 0 Å². The zero-order valence-corrected chi connectivity index (χ0v) is 30.0. The van der Waals surface area contributed by atoms with Gasteiger partial charge in [-0.1, -0.05) is 63.3 Å². The van der Waals surface area contributed by atoms with Crippen LogP contribution in [0.1, 0.15) is 73.3 Å². The molecule has 0 spiro atoms. The Hall–Kier alpha value is -3.16. The van der Waals surface area contributed by atoms with E-state index in [0.29, 0.717) is 6.04 Å². The van der Waals surface area contributed by atoms with E-state index in [0.717, 1.165) is 88.1 Å². The van der Waals surface area contributed by atoms with E-state index in [2.05, 4.69) is 132 Å². The number of hydrogen-bond donors (Lipinski definition) is 2. The van der Waals surface area contributed by atoms with Gasteiger partial charge in [0.2, 0.25) is 0 Å². The van der Waals surface area contributed by atoms with E-state index >= 15 is 0 Å². The summed E-state index contributed by atoms with van der Waals surface area (Å²) in [6, 6.07) is 11.1. The van der Waals surface area contributed by atoms with Crippen molar-refractivity contribution in [2.24, 2.45) is 15.9 Å². The third-order valence-electron chi connectivity index (χ3n) is 8.20. The van der Waals surface area contributed by atoms with Crippen molar-refractivity contribution < 1.29 is 4.74 Å². The molecule has 0 bridgehead atoms. The molecule has 45 heavy (non-hydrogen) atoms. The molecule has 1 saturated heterocycles. The lowest BCUT2D eigenvalue weighted by Crippen LogP contribution is -2.37. The van der Waals surface area contributed by atoms with Crippen molar-refractivity contribution in [2.45, 2.75) is 80.2 Å². The Bertz CT molecular complexity index is 1210. The van der Waals surface area contributed by atoms with Gasteiger partial charge in [0.15, 0.2) is 0 Å². The van der Waals surface area contributed by atoms with E-state index in [1.807, 2.05) is 0 Å². The van der Waals surface area contributed by atoms with E-state index in [-0.39, 0.29) is 5.92 Å². The van der Waals surface area contributed by atoms with Crippen molar-refractivity contribution in [3.8, 4) is 0 Å². The van der Waals surface area contributed by atoms with Crippen molar-refractivity contribution in [1.82, 2.24) is 20.4 Å². The smallest absolute Gasteiger partial charge is 0.130 e. The number of aliphatic imine (C=N–C) groups is 2. The van der Waals surface area contributed by atoms with Gasteiger partial charge in [-0.3, -0.25) is 14.9 Å². The van der Waals surface area contributed by atoms with Crippen molar-refractivity contribution in [3.05, 3.63) is 82.4 Å². The fraction of sp³-hybridized carbons (Fsp3) is 0.579. The summed E-state index contributed by atoms with van der Waals surface area (Å²) in [5.41, 5.74) is 7.14. The number of nitrogens with one attached hydrogen (secondary N) is 2. The molecule has 0 aromatic heterocycles. The highest BCUT2D eigenvalue weighted by molar-refractivity contribution is 6.06. The number of benzene rings is 1. The second-order valence-corrected chi connectivity index (χ2v) is 12.2. The van der Waals surface area contributed by atoms with Crippen molar-refractivity contribution in [2.75, 3.05) is 60.5 Å². The Morgan fingerprint density at radius 3 is 2.40 bits per heavy atom. The average molecular weight is 619 g/mol. The second kappa shape index (κ2) is 20.8. The first-order chi connectivity index (χ1) is 21.6. The number of nitrogens with zero attached hydrogens (tertiary/aromatic N) is 4. The zero-order valence-electron chi connectivity index (χ0n) is 30.0. The highest BCUT2D eigenvalue weighted by Crippen LogP contribution is 2.22. The molecule has 250 valence electrons. The Balaban J connectivity index is 2.45. The molecule has 1 unspecified atom stereocenters. The van der Waals surface area contributed by atoms with Crippen molar-refractivity contribution >= 4 is 11.5 Å². The molecule has 7 nitrogen and oxygen atoms in total. The van der Waals surface area contributed by atoms with E-state index < -0.39 is 0 Å². The highest BCUT2D eigenvalue weighted by atomic mass is 16.5. The predicted octanol–water partition coefficient (Wildman–Crippen LogP) is 7.01. The molecular weight excluding hydrogens is 556 g/mol. The first kappa shape index (κ1) is 38.0. The Labute approximate surface area is 275 Å². The molecule has 1 aromatic carbocycles. The summed E-state index contributed by atoms with van der Waals surface area (Å²) in [5, 5.41) is 7.54. The molecule has 0 amide bonds. The molecule has 1 fully saturated rings. The minimum absolute atomic E-state index is 0.0884. The lowest BCUT2D eigenvalue weighted by molar-refractivity contribution is 0.160. The third kappa shape index (κ3) is 13.0. The van der Waals surface area contributed by atoms with Gasteiger partial charge < -0.3 is 20.3 Å². The van der Waals surface area contributed by atoms with Crippen LogP contribution in [0.4, 0.5) is 0 Å². The maximum Gasteiger partial charge on any atom is 0.130 e. The van der Waals surface area contributed by atoms with Gasteiger partial charge in [0.1, 0.15) is 5.84 Å². The molecule has 2 atom stereocenters. The molecule has 1 aliphatic rings. The quantitative estimate of drug-likeness (QED) is 0.105. The van der Waals surface area contributed by atoms with Crippen LogP contribution in [0.25, 0.3) is 0 Å². The van der Waals surface area contributed by atoms with Gasteiger partial charge in [-0.25, -0.2) is 0 Å². The molecule has 0 aliphatic carbocycles. The van der Waals surface area contributed by atoms with Crippen molar-refractivity contribution in [1.29, 1.82) is 0 Å². The summed E-state index contributed by atoms with van der Waals surface area (Å²) >= 11 is 0. The van der Waals surface area contributed by atoms with Gasteiger partial charge in [-0.15, -0.1) is 0 Å². The van der Waals surface area contributed by atoms with E-state index in [1.54, 1.807) is 7.11 Å². The SMILES string of the molecule is CC/C=C(\N/C(C)=C(C)/C(=N\CCc1ccccc1)C(C)/C=C(C(/C)=C/CC)\C(=N/CC)N(C)C)N[C@H]1CCN(CCOC)C1. The molecular formula is C38H62N6O. The monoisotopic (exact) mass is 618 g/mol. The first-order valence-corrected chi connectivity index (χ1v) is 17.0. The van der Waals surface area contributed by atoms with Crippen LogP contribution in [0.2, 0.25) is 0 Å². The number of likely N-dealkylation sites (N-methyl/N-ethyl adjacent to an activating group) is 1. The number of amidine groups is 1. The topological polar surface area (TPSA) is 64.5 Å². The normalized spacial score (nSPS) is 18.6. The van der Waals surface area contributed by atoms with Gasteiger partial charge in [0.05, 0.1) is 12.4 Å². The molecule has 1 aliphatic heterocycles. The Morgan fingerprint density at radius 1 is 1.07 bits per heavy atom. The van der Waals surface area contributed by atoms with E-state index in [4.69, 9.17) is 14.7 Å². The lowest BCUT2D eigenvalue weighted by Gasteiger charge is -2.24. The predicted molar refractivity (Wildman–Crippen MR) is 195 cm³/mol. The average Bonchev–Trinajstić information content (AvgIpc) is 3.47. The van der Waals surface area contributed by atoms with Crippen LogP contribution in [-0.4, -0.2) is 87.9 Å². The molecule has 2 rings (SSSR count). The number of allylic oxidation sites excluding steroid dienone is 5. The fourth-order valence-corrected chi connectivity index (χ4v) is 5.73. The Kier molecular flexibility index (Phi) is 17.6. The summed E-state index contributed by atoms with van der Waals surface area (Å²) in [5.74, 6) is 2.18. The van der Waals surface area contributed by atoms with Gasteiger partial charge in [-0.05, 0) is 76.2 Å². The van der Waals surface area contributed by atoms with Gasteiger partial charge in [-0.2, -0.15) is 0 Å². The third-order valence-corrected chi connectivity index (χ3v) is 8.20. The van der Waals surface area contributed by atoms with Crippen LogP contribution in [0.3, 0.4) is 0 Å². The first-order valence-electron chi connectivity index (χ1n) is 17.0. The maximum atomic E-state index is 5.30. The van der Waals surface area contributed by atoms with Crippen LogP contribution >= 0.6 is 0 Å². The summed E-state index contributed by atoms with van der Waals surface area (Å²) in [7, 11) is 5.93. The van der Waals surface area contributed by atoms with Crippen LogP contribution in [0, 0.1) is 5.92 Å². The number of methoxy groups -OCH3 is 1. The van der Waals surface area contributed by atoms with E-state index in [1.165, 1.54) is 22.3 Å². The number of hydrogen-bond acceptors (Lipinski definition) is 6. The largest absolute Gasteiger partial charge is 0.383 e. The van der Waals surface area contributed by atoms with Crippen LogP contribution in [0.15, 0.2) is 86.8 Å². The van der Waals surface area contributed by atoms with Crippen molar-refractivity contribution in [3.63, 3.8) is 0 Å². The molecule has 0 saturated carbocycles. The van der Waals surface area contributed by atoms with Crippen LogP contribution in [-0.2, 0) is 11.2 Å². The summed E-state index contributed by atoms with van der Waals surface area (Å²) < 4.78 is 5.30. The highest BCUT2D eigenvalue weighted by Gasteiger charge is 2.23. The number of rotatable bonds is 18. The molecule has 1 heterocycles. The number of ether oxygens (including phenoxy) is 1. The maximum absolute atomic E-state index is 5.30. The standard InChI is InChI=1S/C38H62N6O/c1-11-17-29(4)35(38(39-13-3)43(8)9)27-30(5)37(40-23-21-33-19-15-14-16-20-33)31(6)32(7)41-36(18-12-2)42-34-22-24-44(28-34)25-26-45-10/h14-20,27,30,34,41-42H,11-13,21-26,28H2,1-10H3/b29-17+,32-31+,35-27-,36-18+,39-38+,40-37-/t30?,34-/m0/s1. The minimum atomic E-state index is 0.0884. The second-order valence-electron chi connectivity index (χ2n) is 12.2. The minimum Gasteiger partial charge on any atom is -0.383 e. The lowest BCUT2D eigenvalue weighted by atomic mass is 9.92. The fourth-order valence-electron chi connectivity index (χ4n) is 5.73. The molecule has 1 aromatic rings. The number of likely N-dealkylation sites (tertiary alicyclic amines) is 1. The molecule has 7 heteroatoms. The van der Waals surface area contributed by atoms with Crippen LogP contribution < -0.4 is 10.6 Å². The molecule has 2 N–H and O–H groups in total.